The summed E-state index contributed by atoms with van der Waals surface area (Å²) in [4.78, 5) is 27.5. The summed E-state index contributed by atoms with van der Waals surface area (Å²) in [5.41, 5.74) is 5.92. The molecule has 0 atom stereocenters. The molecule has 0 aliphatic rings. The van der Waals surface area contributed by atoms with Crippen molar-refractivity contribution in [1.82, 2.24) is 10.3 Å². The predicted octanol–water partition coefficient (Wildman–Crippen LogP) is 6.25. The molecule has 0 radical (unpaired) electrons. The van der Waals surface area contributed by atoms with Gasteiger partial charge in [0, 0.05) is 18.7 Å². The predicted molar refractivity (Wildman–Crippen MR) is 139 cm³/mol. The molecule has 36 heavy (non-hydrogen) atoms. The molecule has 2 amide bonds. The lowest BCUT2D eigenvalue weighted by Gasteiger charge is -2.10. The monoisotopic (exact) mass is 487 g/mol. The second-order valence-corrected chi connectivity index (χ2v) is 8.57. The number of benzene rings is 3. The SMILES string of the molecule is COc1ccc(NC(=O)NCCCCCC(=O)O)cc1-c1nc2cc(-c3ccc(C)cc3)ccc2o1. The number of carboxylic acid groups (broad SMARTS) is 1. The fourth-order valence-corrected chi connectivity index (χ4v) is 3.88. The average molecular weight is 488 g/mol. The van der Waals surface area contributed by atoms with Crippen molar-refractivity contribution in [3.05, 3.63) is 66.2 Å². The summed E-state index contributed by atoms with van der Waals surface area (Å²) in [7, 11) is 1.57. The van der Waals surface area contributed by atoms with Crippen LogP contribution in [0.5, 0.6) is 5.75 Å². The Morgan fingerprint density at radius 2 is 1.75 bits per heavy atom. The number of hydrogen-bond acceptors (Lipinski definition) is 5. The number of nitrogens with zero attached hydrogens (tertiary/aromatic N) is 1. The summed E-state index contributed by atoms with van der Waals surface area (Å²) in [6.45, 7) is 2.52. The molecular weight excluding hydrogens is 458 g/mol. The van der Waals surface area contributed by atoms with E-state index in [1.807, 2.05) is 18.2 Å². The standard InChI is InChI=1S/C28H29N3O5/c1-18-7-9-19(10-8-18)20-11-13-25-23(16-20)31-27(36-25)22-17-21(12-14-24(22)35-2)30-28(34)29-15-5-3-4-6-26(32)33/h7-14,16-17H,3-6,15H2,1-2H3,(H,32,33)(H2,29,30,34). The van der Waals surface area contributed by atoms with Crippen LogP contribution < -0.4 is 15.4 Å². The molecule has 3 N–H and O–H groups in total. The smallest absolute Gasteiger partial charge is 0.319 e. The zero-order valence-electron chi connectivity index (χ0n) is 20.3. The third-order valence-electron chi connectivity index (χ3n) is 5.81. The molecule has 1 aromatic heterocycles. The van der Waals surface area contributed by atoms with Crippen molar-refractivity contribution in [1.29, 1.82) is 0 Å². The lowest BCUT2D eigenvalue weighted by Crippen LogP contribution is -2.29. The zero-order chi connectivity index (χ0) is 25.5. The summed E-state index contributed by atoms with van der Waals surface area (Å²) in [5, 5.41) is 14.3. The number of oxazole rings is 1. The van der Waals surface area contributed by atoms with Crippen molar-refractivity contribution in [3.63, 3.8) is 0 Å². The molecule has 186 valence electrons. The number of carbonyl (C=O) groups is 2. The first-order chi connectivity index (χ1) is 17.4. The van der Waals surface area contributed by atoms with Gasteiger partial charge >= 0.3 is 12.0 Å². The Bertz CT molecular complexity index is 1360. The second-order valence-electron chi connectivity index (χ2n) is 8.57. The Morgan fingerprint density at radius 3 is 2.50 bits per heavy atom. The number of amides is 2. The van der Waals surface area contributed by atoms with Crippen LogP contribution in [0.2, 0.25) is 0 Å². The highest BCUT2D eigenvalue weighted by atomic mass is 16.5. The van der Waals surface area contributed by atoms with E-state index in [4.69, 9.17) is 14.3 Å². The van der Waals surface area contributed by atoms with Crippen molar-refractivity contribution >= 4 is 28.8 Å². The van der Waals surface area contributed by atoms with E-state index in [2.05, 4.69) is 46.8 Å². The van der Waals surface area contributed by atoms with Crippen LogP contribution in [0.1, 0.15) is 31.2 Å². The molecule has 8 heteroatoms. The number of urea groups is 1. The van der Waals surface area contributed by atoms with E-state index in [0.717, 1.165) is 23.1 Å². The summed E-state index contributed by atoms with van der Waals surface area (Å²) < 4.78 is 11.5. The number of rotatable bonds is 10. The molecule has 3 aromatic carbocycles. The van der Waals surface area contributed by atoms with Gasteiger partial charge in [0.15, 0.2) is 5.58 Å². The van der Waals surface area contributed by atoms with E-state index in [1.54, 1.807) is 25.3 Å². The summed E-state index contributed by atoms with van der Waals surface area (Å²) in [6, 6.07) is 19.1. The molecule has 0 bridgehead atoms. The van der Waals surface area contributed by atoms with Crippen LogP contribution >= 0.6 is 0 Å². The summed E-state index contributed by atoms with van der Waals surface area (Å²) in [5.74, 6) is 0.164. The molecule has 0 saturated carbocycles. The van der Waals surface area contributed by atoms with E-state index in [9.17, 15) is 9.59 Å². The number of ether oxygens (including phenoxy) is 1. The fraction of sp³-hybridized carbons (Fsp3) is 0.250. The van der Waals surface area contributed by atoms with E-state index in [-0.39, 0.29) is 12.5 Å². The van der Waals surface area contributed by atoms with Crippen LogP contribution in [0.25, 0.3) is 33.7 Å². The third kappa shape index (κ3) is 6.21. The van der Waals surface area contributed by atoms with Crippen molar-refractivity contribution in [2.45, 2.75) is 32.6 Å². The summed E-state index contributed by atoms with van der Waals surface area (Å²) >= 11 is 0. The Labute approximate surface area is 209 Å². The van der Waals surface area contributed by atoms with E-state index in [1.165, 1.54) is 5.56 Å². The molecule has 8 nitrogen and oxygen atoms in total. The van der Waals surface area contributed by atoms with Crippen LogP contribution in [0.15, 0.2) is 65.1 Å². The highest BCUT2D eigenvalue weighted by Crippen LogP contribution is 2.35. The maximum atomic E-state index is 12.3. The maximum absolute atomic E-state index is 12.3. The zero-order valence-corrected chi connectivity index (χ0v) is 20.3. The second kappa shape index (κ2) is 11.4. The lowest BCUT2D eigenvalue weighted by atomic mass is 10.0. The van der Waals surface area contributed by atoms with Gasteiger partial charge < -0.3 is 24.9 Å². The van der Waals surface area contributed by atoms with Gasteiger partial charge in [-0.1, -0.05) is 42.3 Å². The first-order valence-electron chi connectivity index (χ1n) is 11.9. The highest BCUT2D eigenvalue weighted by Gasteiger charge is 2.16. The van der Waals surface area contributed by atoms with Crippen molar-refractivity contribution in [2.24, 2.45) is 0 Å². The number of unbranched alkanes of at least 4 members (excludes halogenated alkanes) is 2. The molecule has 4 rings (SSSR count). The first-order valence-corrected chi connectivity index (χ1v) is 11.9. The number of anilines is 1. The molecule has 0 unspecified atom stereocenters. The number of methoxy groups -OCH3 is 1. The van der Waals surface area contributed by atoms with Gasteiger partial charge in [0.1, 0.15) is 11.3 Å². The Balaban J connectivity index is 1.47. The minimum Gasteiger partial charge on any atom is -0.496 e. The Hall–Kier alpha value is -4.33. The largest absolute Gasteiger partial charge is 0.496 e. The van der Waals surface area contributed by atoms with Gasteiger partial charge in [-0.05, 0) is 61.2 Å². The number of carboxylic acids is 1. The molecule has 0 saturated heterocycles. The minimum atomic E-state index is -0.804. The lowest BCUT2D eigenvalue weighted by molar-refractivity contribution is -0.137. The van der Waals surface area contributed by atoms with Gasteiger partial charge in [0.2, 0.25) is 5.89 Å². The first kappa shape index (κ1) is 24.8. The molecule has 0 aliphatic carbocycles. The number of carbonyl (C=O) groups excluding carboxylic acids is 1. The van der Waals surface area contributed by atoms with Crippen molar-refractivity contribution in [2.75, 3.05) is 19.0 Å². The van der Waals surface area contributed by atoms with Gasteiger partial charge in [-0.15, -0.1) is 0 Å². The normalized spacial score (nSPS) is 10.8. The fourth-order valence-electron chi connectivity index (χ4n) is 3.88. The molecule has 4 aromatic rings. The van der Waals surface area contributed by atoms with Crippen LogP contribution in [0, 0.1) is 6.92 Å². The van der Waals surface area contributed by atoms with Gasteiger partial charge in [-0.3, -0.25) is 4.79 Å². The maximum Gasteiger partial charge on any atom is 0.319 e. The van der Waals surface area contributed by atoms with Gasteiger partial charge in [-0.25, -0.2) is 9.78 Å². The molecule has 0 spiro atoms. The molecular formula is C28H29N3O5. The van der Waals surface area contributed by atoms with Crippen molar-refractivity contribution in [3.8, 4) is 28.3 Å². The highest BCUT2D eigenvalue weighted by molar-refractivity contribution is 5.91. The quantitative estimate of drug-likeness (QED) is 0.228. The van der Waals surface area contributed by atoms with Gasteiger partial charge in [0.05, 0.1) is 12.7 Å². The number of aromatic nitrogens is 1. The number of aliphatic carboxylic acids is 1. The molecule has 1 heterocycles. The molecule has 0 aliphatic heterocycles. The van der Waals surface area contributed by atoms with Crippen LogP contribution in [-0.4, -0.2) is 35.7 Å². The van der Waals surface area contributed by atoms with Crippen LogP contribution in [0.4, 0.5) is 10.5 Å². The van der Waals surface area contributed by atoms with Gasteiger partial charge in [-0.2, -0.15) is 0 Å². The van der Waals surface area contributed by atoms with E-state index in [0.29, 0.717) is 47.9 Å². The number of hydrogen-bond donors (Lipinski definition) is 3. The minimum absolute atomic E-state index is 0.143. The van der Waals surface area contributed by atoms with E-state index >= 15 is 0 Å². The van der Waals surface area contributed by atoms with Crippen LogP contribution in [0.3, 0.4) is 0 Å². The number of aryl methyl sites for hydroxylation is 1. The number of fused-ring (bicyclic) bond motifs is 1. The van der Waals surface area contributed by atoms with Gasteiger partial charge in [0.25, 0.3) is 0 Å². The van der Waals surface area contributed by atoms with Crippen LogP contribution in [-0.2, 0) is 4.79 Å². The topological polar surface area (TPSA) is 114 Å². The Morgan fingerprint density at radius 1 is 0.972 bits per heavy atom. The Kier molecular flexibility index (Phi) is 7.85. The van der Waals surface area contributed by atoms with Crippen molar-refractivity contribution < 1.29 is 23.8 Å². The average Bonchev–Trinajstić information content (AvgIpc) is 3.30. The molecule has 0 fully saturated rings. The van der Waals surface area contributed by atoms with E-state index < -0.39 is 5.97 Å². The summed E-state index contributed by atoms with van der Waals surface area (Å²) in [6.07, 6.45) is 2.19. The third-order valence-corrected chi connectivity index (χ3v) is 5.81. The number of nitrogens with one attached hydrogen (secondary N) is 2.